The third-order valence-corrected chi connectivity index (χ3v) is 3.42. The van der Waals surface area contributed by atoms with E-state index in [0.29, 0.717) is 12.5 Å². The highest BCUT2D eigenvalue weighted by molar-refractivity contribution is 5.76. The van der Waals surface area contributed by atoms with Gasteiger partial charge in [0.05, 0.1) is 0 Å². The molecule has 0 aliphatic heterocycles. The molecule has 0 radical (unpaired) electrons. The molecule has 1 amide bonds. The summed E-state index contributed by atoms with van der Waals surface area (Å²) in [6, 6.07) is 8.88. The van der Waals surface area contributed by atoms with Crippen molar-refractivity contribution in [3.63, 3.8) is 0 Å². The largest absolute Gasteiger partial charge is 0.353 e. The van der Waals surface area contributed by atoms with Crippen LogP contribution in [0.2, 0.25) is 0 Å². The number of carbonyl (C=O) groups excluding carboxylic acids is 1. The number of hydrogen-bond donors (Lipinski definition) is 1. The van der Waals surface area contributed by atoms with Crippen LogP contribution in [0.25, 0.3) is 0 Å². The van der Waals surface area contributed by atoms with Gasteiger partial charge in [-0.2, -0.15) is 0 Å². The van der Waals surface area contributed by atoms with Crippen LogP contribution in [0, 0.1) is 0 Å². The second kappa shape index (κ2) is 7.91. The van der Waals surface area contributed by atoms with E-state index in [2.05, 4.69) is 50.4 Å². The van der Waals surface area contributed by atoms with Crippen molar-refractivity contribution in [1.29, 1.82) is 0 Å². The Bertz CT molecular complexity index is 352. The molecule has 0 spiro atoms. The van der Waals surface area contributed by atoms with E-state index >= 15 is 0 Å². The number of hydrogen-bond acceptors (Lipinski definition) is 1. The van der Waals surface area contributed by atoms with E-state index in [1.807, 2.05) is 0 Å². The number of carbonyl (C=O) groups is 1. The Balaban J connectivity index is 2.37. The van der Waals surface area contributed by atoms with Gasteiger partial charge in [0.25, 0.3) is 0 Å². The molecule has 1 aromatic carbocycles. The van der Waals surface area contributed by atoms with Crippen molar-refractivity contribution >= 4 is 5.91 Å². The Kier molecular flexibility index (Phi) is 6.48. The maximum atomic E-state index is 11.8. The monoisotopic (exact) mass is 247 g/mol. The van der Waals surface area contributed by atoms with E-state index in [9.17, 15) is 4.79 Å². The molecule has 18 heavy (non-hydrogen) atoms. The predicted molar refractivity (Wildman–Crippen MR) is 76.7 cm³/mol. The lowest BCUT2D eigenvalue weighted by atomic mass is 10.1. The zero-order chi connectivity index (χ0) is 13.4. The zero-order valence-corrected chi connectivity index (χ0v) is 11.8. The first-order valence-electron chi connectivity index (χ1n) is 7.06. The molecule has 1 N–H and O–H groups in total. The van der Waals surface area contributed by atoms with E-state index in [1.54, 1.807) is 0 Å². The second-order valence-corrected chi connectivity index (χ2v) is 4.75. The maximum absolute atomic E-state index is 11.8. The van der Waals surface area contributed by atoms with E-state index in [-0.39, 0.29) is 5.91 Å². The molecule has 0 fully saturated rings. The molecular weight excluding hydrogens is 222 g/mol. The van der Waals surface area contributed by atoms with Crippen molar-refractivity contribution in [3.8, 4) is 0 Å². The van der Waals surface area contributed by atoms with Gasteiger partial charge in [0.2, 0.25) is 5.91 Å². The normalized spacial score (nSPS) is 10.7. The van der Waals surface area contributed by atoms with Crippen LogP contribution in [0.3, 0.4) is 0 Å². The summed E-state index contributed by atoms with van der Waals surface area (Å²) in [4.78, 5) is 11.8. The first-order chi connectivity index (χ1) is 8.69. The molecule has 0 aromatic heterocycles. The molecule has 100 valence electrons. The number of nitrogens with one attached hydrogen (secondary N) is 1. The summed E-state index contributed by atoms with van der Waals surface area (Å²) in [7, 11) is 0. The fourth-order valence-electron chi connectivity index (χ4n) is 1.99. The molecule has 1 rings (SSSR count). The minimum Gasteiger partial charge on any atom is -0.353 e. The van der Waals surface area contributed by atoms with Gasteiger partial charge in [-0.15, -0.1) is 0 Å². The summed E-state index contributed by atoms with van der Waals surface area (Å²) in [6.45, 7) is 6.37. The van der Waals surface area contributed by atoms with E-state index in [4.69, 9.17) is 0 Å². The lowest BCUT2D eigenvalue weighted by molar-refractivity contribution is -0.121. The van der Waals surface area contributed by atoms with Crippen LogP contribution in [0.5, 0.6) is 0 Å². The Hall–Kier alpha value is -1.31. The molecule has 0 heterocycles. The topological polar surface area (TPSA) is 29.1 Å². The van der Waals surface area contributed by atoms with Crippen LogP contribution in [-0.2, 0) is 17.6 Å². The number of benzene rings is 1. The first kappa shape index (κ1) is 14.7. The van der Waals surface area contributed by atoms with Crippen molar-refractivity contribution in [2.75, 3.05) is 0 Å². The number of aryl methyl sites for hydroxylation is 2. The van der Waals surface area contributed by atoms with Gasteiger partial charge >= 0.3 is 0 Å². The maximum Gasteiger partial charge on any atom is 0.220 e. The van der Waals surface area contributed by atoms with Crippen molar-refractivity contribution in [1.82, 2.24) is 5.32 Å². The minimum absolute atomic E-state index is 0.170. The summed E-state index contributed by atoms with van der Waals surface area (Å²) >= 11 is 0. The minimum atomic E-state index is 0.170. The molecule has 2 heteroatoms. The molecule has 0 saturated carbocycles. The summed E-state index contributed by atoms with van der Waals surface area (Å²) < 4.78 is 0. The third kappa shape index (κ3) is 4.91. The Morgan fingerprint density at radius 1 is 1.06 bits per heavy atom. The number of amides is 1. The molecule has 1 aromatic rings. The Morgan fingerprint density at radius 3 is 2.11 bits per heavy atom. The molecule has 0 aliphatic rings. The van der Waals surface area contributed by atoms with Crippen LogP contribution in [0.15, 0.2) is 24.3 Å². The summed E-state index contributed by atoms with van der Waals surface area (Å²) in [5.74, 6) is 0.170. The van der Waals surface area contributed by atoms with Crippen molar-refractivity contribution in [2.45, 2.75) is 58.9 Å². The predicted octanol–water partition coefficient (Wildman–Crippen LogP) is 3.49. The second-order valence-electron chi connectivity index (χ2n) is 4.75. The van der Waals surface area contributed by atoms with Gasteiger partial charge in [0.15, 0.2) is 0 Å². The van der Waals surface area contributed by atoms with Crippen molar-refractivity contribution in [3.05, 3.63) is 35.4 Å². The van der Waals surface area contributed by atoms with Gasteiger partial charge in [0.1, 0.15) is 0 Å². The Labute approximate surface area is 111 Å². The number of rotatable bonds is 7. The van der Waals surface area contributed by atoms with E-state index in [0.717, 1.165) is 25.7 Å². The van der Waals surface area contributed by atoms with Gasteiger partial charge in [-0.05, 0) is 36.8 Å². The van der Waals surface area contributed by atoms with E-state index in [1.165, 1.54) is 11.1 Å². The molecule has 0 atom stereocenters. The van der Waals surface area contributed by atoms with E-state index < -0.39 is 0 Å². The molecule has 0 saturated heterocycles. The molecule has 0 aliphatic carbocycles. The van der Waals surface area contributed by atoms with Crippen LogP contribution in [-0.4, -0.2) is 11.9 Å². The molecule has 0 unspecified atom stereocenters. The van der Waals surface area contributed by atoms with Gasteiger partial charge in [-0.1, -0.05) is 45.0 Å². The fraction of sp³-hybridized carbons (Fsp3) is 0.562. The lowest BCUT2D eigenvalue weighted by Crippen LogP contribution is -2.33. The summed E-state index contributed by atoms with van der Waals surface area (Å²) in [5, 5.41) is 3.07. The molecule has 2 nitrogen and oxygen atoms in total. The van der Waals surface area contributed by atoms with Gasteiger partial charge in [0, 0.05) is 12.5 Å². The highest BCUT2D eigenvalue weighted by Crippen LogP contribution is 2.07. The van der Waals surface area contributed by atoms with Crippen molar-refractivity contribution in [2.24, 2.45) is 0 Å². The SMILES string of the molecule is CCc1ccc(CCC(=O)NC(CC)CC)cc1. The van der Waals surface area contributed by atoms with Gasteiger partial charge in [-0.25, -0.2) is 0 Å². The highest BCUT2D eigenvalue weighted by atomic mass is 16.1. The quantitative estimate of drug-likeness (QED) is 0.785. The Morgan fingerprint density at radius 2 is 1.61 bits per heavy atom. The zero-order valence-electron chi connectivity index (χ0n) is 11.8. The van der Waals surface area contributed by atoms with Crippen LogP contribution in [0.1, 0.15) is 51.2 Å². The average molecular weight is 247 g/mol. The summed E-state index contributed by atoms with van der Waals surface area (Å²) in [5.41, 5.74) is 2.59. The fourth-order valence-corrected chi connectivity index (χ4v) is 1.99. The molecule has 0 bridgehead atoms. The standard InChI is InChI=1S/C16H25NO/c1-4-13-7-9-14(10-8-13)11-12-16(18)17-15(5-2)6-3/h7-10,15H,4-6,11-12H2,1-3H3,(H,17,18). The van der Waals surface area contributed by atoms with Gasteiger partial charge in [-0.3, -0.25) is 4.79 Å². The van der Waals surface area contributed by atoms with Crippen molar-refractivity contribution < 1.29 is 4.79 Å². The smallest absolute Gasteiger partial charge is 0.220 e. The lowest BCUT2D eigenvalue weighted by Gasteiger charge is -2.14. The highest BCUT2D eigenvalue weighted by Gasteiger charge is 2.08. The molecular formula is C16H25NO. The van der Waals surface area contributed by atoms with Crippen LogP contribution in [0.4, 0.5) is 0 Å². The third-order valence-electron chi connectivity index (χ3n) is 3.42. The summed E-state index contributed by atoms with van der Waals surface area (Å²) in [6.07, 6.45) is 4.49. The first-order valence-corrected chi connectivity index (χ1v) is 7.06. The van der Waals surface area contributed by atoms with Gasteiger partial charge < -0.3 is 5.32 Å². The van der Waals surface area contributed by atoms with Crippen LogP contribution >= 0.6 is 0 Å². The average Bonchev–Trinajstić information content (AvgIpc) is 2.43. The van der Waals surface area contributed by atoms with Crippen LogP contribution < -0.4 is 5.32 Å².